The summed E-state index contributed by atoms with van der Waals surface area (Å²) in [7, 11) is 0. The lowest BCUT2D eigenvalue weighted by molar-refractivity contribution is -0.116. The zero-order valence-corrected chi connectivity index (χ0v) is 21.0. The van der Waals surface area contributed by atoms with Crippen LogP contribution in [-0.2, 0) is 9.59 Å². The molecular formula is C29H27FN2O3S. The van der Waals surface area contributed by atoms with E-state index in [9.17, 15) is 14.0 Å². The maximum atomic E-state index is 13.8. The lowest BCUT2D eigenvalue weighted by atomic mass is 9.72. The van der Waals surface area contributed by atoms with E-state index in [-0.39, 0.29) is 17.6 Å². The number of ketones is 1. The Balaban J connectivity index is 1.55. The minimum atomic E-state index is -0.540. The van der Waals surface area contributed by atoms with Crippen molar-refractivity contribution in [2.75, 3.05) is 11.9 Å². The van der Waals surface area contributed by atoms with Crippen LogP contribution in [-0.4, -0.2) is 18.3 Å². The quantitative estimate of drug-likeness (QED) is 0.416. The molecule has 2 heterocycles. The molecule has 0 saturated carbocycles. The van der Waals surface area contributed by atoms with Gasteiger partial charge in [0.25, 0.3) is 5.91 Å². The first-order valence-corrected chi connectivity index (χ1v) is 12.9. The van der Waals surface area contributed by atoms with Crippen LogP contribution in [0.3, 0.4) is 0 Å². The number of benzene rings is 2. The summed E-state index contributed by atoms with van der Waals surface area (Å²) in [5.74, 6) is -0.477. The van der Waals surface area contributed by atoms with Crippen molar-refractivity contribution < 1.29 is 18.7 Å². The first kappa shape index (κ1) is 24.0. The van der Waals surface area contributed by atoms with Gasteiger partial charge in [0.15, 0.2) is 5.78 Å². The Bertz CT molecular complexity index is 1360. The largest absolute Gasteiger partial charge is 0.494 e. The summed E-state index contributed by atoms with van der Waals surface area (Å²) in [5.41, 5.74) is 3.81. The van der Waals surface area contributed by atoms with Gasteiger partial charge in [0, 0.05) is 51.4 Å². The molecule has 0 radical (unpaired) electrons. The van der Waals surface area contributed by atoms with Gasteiger partial charge in [-0.2, -0.15) is 0 Å². The van der Waals surface area contributed by atoms with E-state index >= 15 is 0 Å². The Morgan fingerprint density at radius 2 is 1.94 bits per heavy atom. The summed E-state index contributed by atoms with van der Waals surface area (Å²) in [4.78, 5) is 28.4. The van der Waals surface area contributed by atoms with Crippen LogP contribution >= 0.6 is 11.3 Å². The van der Waals surface area contributed by atoms with E-state index in [1.165, 1.54) is 17.0 Å². The molecule has 1 aliphatic carbocycles. The Labute approximate surface area is 213 Å². The van der Waals surface area contributed by atoms with Gasteiger partial charge in [-0.3, -0.25) is 9.59 Å². The lowest BCUT2D eigenvalue weighted by Gasteiger charge is -2.36. The summed E-state index contributed by atoms with van der Waals surface area (Å²) in [6, 6.07) is 17.4. The number of dihydropyridines is 1. The van der Waals surface area contributed by atoms with E-state index in [1.807, 2.05) is 49.6 Å². The third kappa shape index (κ3) is 4.71. The SMILES string of the molecule is CCOc1ccc([C@H]2C(C(=O)Nc3cccc(F)c3)=C(C)NC3=C2C(=O)C[C@@H](c2cccs2)C3)cc1. The molecule has 2 N–H and O–H groups in total. The number of allylic oxidation sites excluding steroid dienone is 3. The standard InChI is InChI=1S/C29H27FN2O3S/c1-3-35-22-11-9-18(10-12-22)27-26(29(34)32-21-7-4-6-20(30)16-21)17(2)31-23-14-19(15-24(33)28(23)27)25-8-5-13-36-25/h4-13,16,19,27,31H,3,14-15H2,1-2H3,(H,32,34)/t19-,27-/m0/s1. The second kappa shape index (κ2) is 10.1. The molecule has 2 aliphatic rings. The maximum Gasteiger partial charge on any atom is 0.254 e. The predicted molar refractivity (Wildman–Crippen MR) is 140 cm³/mol. The Kier molecular flexibility index (Phi) is 6.74. The lowest BCUT2D eigenvalue weighted by Crippen LogP contribution is -2.37. The molecule has 36 heavy (non-hydrogen) atoms. The van der Waals surface area contributed by atoms with Crippen LogP contribution in [0.25, 0.3) is 0 Å². The Morgan fingerprint density at radius 3 is 2.64 bits per heavy atom. The van der Waals surface area contributed by atoms with Crippen LogP contribution in [0.1, 0.15) is 49.0 Å². The van der Waals surface area contributed by atoms with Gasteiger partial charge in [0.1, 0.15) is 11.6 Å². The molecule has 1 aromatic heterocycles. The van der Waals surface area contributed by atoms with E-state index in [0.717, 1.165) is 17.0 Å². The third-order valence-corrected chi connectivity index (χ3v) is 7.66. The van der Waals surface area contributed by atoms with Crippen molar-refractivity contribution in [3.05, 3.63) is 105 Å². The number of amides is 1. The number of thiophene rings is 1. The highest BCUT2D eigenvalue weighted by atomic mass is 32.1. The molecule has 7 heteroatoms. The van der Waals surface area contributed by atoms with Gasteiger partial charge in [-0.1, -0.05) is 24.3 Å². The highest BCUT2D eigenvalue weighted by molar-refractivity contribution is 7.10. The number of ether oxygens (including phenoxy) is 1. The highest BCUT2D eigenvalue weighted by Crippen LogP contribution is 2.46. The minimum absolute atomic E-state index is 0.0320. The van der Waals surface area contributed by atoms with Gasteiger partial charge in [0.05, 0.1) is 6.61 Å². The molecule has 5 nitrogen and oxygen atoms in total. The fourth-order valence-corrected chi connectivity index (χ4v) is 5.92. The van der Waals surface area contributed by atoms with Crippen LogP contribution in [0, 0.1) is 5.82 Å². The molecule has 5 rings (SSSR count). The van der Waals surface area contributed by atoms with Crippen LogP contribution in [0.2, 0.25) is 0 Å². The van der Waals surface area contributed by atoms with Crippen molar-refractivity contribution in [2.24, 2.45) is 0 Å². The van der Waals surface area contributed by atoms with Crippen molar-refractivity contribution in [3.63, 3.8) is 0 Å². The van der Waals surface area contributed by atoms with Gasteiger partial charge in [-0.25, -0.2) is 4.39 Å². The number of nitrogens with one attached hydrogen (secondary N) is 2. The second-order valence-corrected chi connectivity index (χ2v) is 9.98. The van der Waals surface area contributed by atoms with E-state index in [2.05, 4.69) is 16.7 Å². The van der Waals surface area contributed by atoms with E-state index in [0.29, 0.717) is 42.0 Å². The topological polar surface area (TPSA) is 67.4 Å². The molecule has 2 aromatic carbocycles. The molecule has 0 bridgehead atoms. The molecule has 1 amide bonds. The maximum absolute atomic E-state index is 13.8. The number of hydrogen-bond donors (Lipinski definition) is 2. The molecule has 3 aromatic rings. The number of carbonyl (C=O) groups is 2. The van der Waals surface area contributed by atoms with Crippen molar-refractivity contribution in [1.82, 2.24) is 5.32 Å². The summed E-state index contributed by atoms with van der Waals surface area (Å²) in [6.45, 7) is 4.32. The molecule has 184 valence electrons. The molecule has 0 spiro atoms. The summed E-state index contributed by atoms with van der Waals surface area (Å²) in [5, 5.41) is 8.23. The fourth-order valence-electron chi connectivity index (χ4n) is 5.09. The number of hydrogen-bond acceptors (Lipinski definition) is 5. The molecule has 0 unspecified atom stereocenters. The average Bonchev–Trinajstić information content (AvgIpc) is 3.39. The predicted octanol–water partition coefficient (Wildman–Crippen LogP) is 6.29. The van der Waals surface area contributed by atoms with Crippen molar-refractivity contribution in [3.8, 4) is 5.75 Å². The number of carbonyl (C=O) groups excluding carboxylic acids is 2. The van der Waals surface area contributed by atoms with Crippen LogP contribution < -0.4 is 15.4 Å². The first-order valence-electron chi connectivity index (χ1n) is 12.0. The zero-order valence-electron chi connectivity index (χ0n) is 20.1. The molecule has 2 atom stereocenters. The molecule has 0 saturated heterocycles. The summed E-state index contributed by atoms with van der Waals surface area (Å²) < 4.78 is 19.4. The zero-order chi connectivity index (χ0) is 25.2. The number of Topliss-reactive ketones (excluding diaryl/α,β-unsaturated/α-hetero) is 1. The normalized spacial score (nSPS) is 19.6. The number of anilines is 1. The van der Waals surface area contributed by atoms with Gasteiger partial charge < -0.3 is 15.4 Å². The number of halogens is 1. The van der Waals surface area contributed by atoms with Crippen LogP contribution in [0.4, 0.5) is 10.1 Å². The first-order chi connectivity index (χ1) is 17.4. The van der Waals surface area contributed by atoms with Gasteiger partial charge in [-0.05, 0) is 67.6 Å². The fraction of sp³-hybridized carbons (Fsp3) is 0.241. The monoisotopic (exact) mass is 502 g/mol. The Morgan fingerprint density at radius 1 is 1.14 bits per heavy atom. The van der Waals surface area contributed by atoms with E-state index < -0.39 is 11.7 Å². The van der Waals surface area contributed by atoms with Gasteiger partial charge >= 0.3 is 0 Å². The van der Waals surface area contributed by atoms with E-state index in [4.69, 9.17) is 4.74 Å². The average molecular weight is 503 g/mol. The van der Waals surface area contributed by atoms with E-state index in [1.54, 1.807) is 23.5 Å². The second-order valence-electron chi connectivity index (χ2n) is 9.00. The third-order valence-electron chi connectivity index (χ3n) is 6.62. The van der Waals surface area contributed by atoms with Crippen molar-refractivity contribution in [1.29, 1.82) is 0 Å². The number of rotatable bonds is 6. The Hall–Kier alpha value is -3.71. The van der Waals surface area contributed by atoms with Crippen molar-refractivity contribution >= 4 is 28.7 Å². The molecule has 0 fully saturated rings. The van der Waals surface area contributed by atoms with Crippen LogP contribution in [0.5, 0.6) is 5.75 Å². The highest BCUT2D eigenvalue weighted by Gasteiger charge is 2.41. The van der Waals surface area contributed by atoms with Gasteiger partial charge in [0.2, 0.25) is 0 Å². The van der Waals surface area contributed by atoms with Crippen LogP contribution in [0.15, 0.2) is 88.6 Å². The van der Waals surface area contributed by atoms with Gasteiger partial charge in [-0.15, -0.1) is 11.3 Å². The minimum Gasteiger partial charge on any atom is -0.494 e. The molecular weight excluding hydrogens is 475 g/mol. The summed E-state index contributed by atoms with van der Waals surface area (Å²) in [6.07, 6.45) is 1.09. The van der Waals surface area contributed by atoms with Crippen molar-refractivity contribution in [2.45, 2.75) is 38.5 Å². The molecule has 1 aliphatic heterocycles. The smallest absolute Gasteiger partial charge is 0.254 e. The summed E-state index contributed by atoms with van der Waals surface area (Å²) >= 11 is 1.66.